The van der Waals surface area contributed by atoms with Crippen LogP contribution >= 0.6 is 0 Å². The minimum absolute atomic E-state index is 0.0158. The van der Waals surface area contributed by atoms with Gasteiger partial charge in [0.15, 0.2) is 0 Å². The Hall–Kier alpha value is -2.11. The molecule has 0 aromatic heterocycles. The van der Waals surface area contributed by atoms with E-state index in [1.165, 1.54) is 13.2 Å². The number of methoxy groups -OCH3 is 1. The molecule has 1 atom stereocenters. The largest absolute Gasteiger partial charge is 0.467 e. The zero-order valence-electron chi connectivity index (χ0n) is 13.5. The van der Waals surface area contributed by atoms with Gasteiger partial charge in [0.05, 0.1) is 7.11 Å². The molecule has 0 heterocycles. The van der Waals surface area contributed by atoms with Crippen LogP contribution in [0.15, 0.2) is 18.2 Å². The number of amides is 1. The predicted octanol–water partition coefficient (Wildman–Crippen LogP) is 2.74. The molecule has 0 aliphatic carbocycles. The molecule has 1 unspecified atom stereocenters. The number of rotatable bonds is 4. The van der Waals surface area contributed by atoms with Crippen LogP contribution in [0, 0.1) is 12.7 Å². The molecule has 122 valence electrons. The van der Waals surface area contributed by atoms with Crippen molar-refractivity contribution in [3.63, 3.8) is 0 Å². The van der Waals surface area contributed by atoms with Gasteiger partial charge >= 0.3 is 12.1 Å². The molecule has 1 aromatic rings. The van der Waals surface area contributed by atoms with E-state index in [4.69, 9.17) is 4.74 Å². The molecule has 0 saturated heterocycles. The van der Waals surface area contributed by atoms with E-state index in [2.05, 4.69) is 10.1 Å². The molecule has 0 fully saturated rings. The maximum Gasteiger partial charge on any atom is 0.408 e. The van der Waals surface area contributed by atoms with Crippen molar-refractivity contribution in [1.82, 2.24) is 5.32 Å². The second-order valence-electron chi connectivity index (χ2n) is 6.02. The topological polar surface area (TPSA) is 64.6 Å². The van der Waals surface area contributed by atoms with Crippen LogP contribution in [-0.4, -0.2) is 30.8 Å². The van der Waals surface area contributed by atoms with Gasteiger partial charge in [-0.25, -0.2) is 14.0 Å². The summed E-state index contributed by atoms with van der Waals surface area (Å²) < 4.78 is 23.6. The van der Waals surface area contributed by atoms with Gasteiger partial charge in [0.1, 0.15) is 17.5 Å². The number of halogens is 1. The van der Waals surface area contributed by atoms with Gasteiger partial charge in [-0.1, -0.05) is 12.1 Å². The van der Waals surface area contributed by atoms with Gasteiger partial charge in [-0.2, -0.15) is 0 Å². The number of carbonyl (C=O) groups is 2. The van der Waals surface area contributed by atoms with Gasteiger partial charge in [-0.3, -0.25) is 0 Å². The second-order valence-corrected chi connectivity index (χ2v) is 6.02. The fourth-order valence-electron chi connectivity index (χ4n) is 1.82. The lowest BCUT2D eigenvalue weighted by Gasteiger charge is -2.22. The Morgan fingerprint density at radius 1 is 1.32 bits per heavy atom. The number of benzene rings is 1. The quantitative estimate of drug-likeness (QED) is 0.868. The number of hydrogen-bond acceptors (Lipinski definition) is 4. The summed E-state index contributed by atoms with van der Waals surface area (Å²) in [5.41, 5.74) is 0.396. The molecular formula is C16H22FNO4. The number of nitrogens with one attached hydrogen (secondary N) is 1. The number of hydrogen-bond donors (Lipinski definition) is 1. The van der Waals surface area contributed by atoms with Crippen LogP contribution in [0.4, 0.5) is 9.18 Å². The molecule has 1 amide bonds. The zero-order chi connectivity index (χ0) is 16.9. The molecule has 1 rings (SSSR count). The fraction of sp³-hybridized carbons (Fsp3) is 0.500. The summed E-state index contributed by atoms with van der Waals surface area (Å²) in [6.45, 7) is 6.89. The van der Waals surface area contributed by atoms with E-state index < -0.39 is 29.5 Å². The third kappa shape index (κ3) is 5.71. The van der Waals surface area contributed by atoms with Crippen LogP contribution in [0.3, 0.4) is 0 Å². The molecular weight excluding hydrogens is 289 g/mol. The summed E-state index contributed by atoms with van der Waals surface area (Å²) in [4.78, 5) is 23.6. The molecule has 5 nitrogen and oxygen atoms in total. The highest BCUT2D eigenvalue weighted by molar-refractivity contribution is 5.81. The molecule has 0 radical (unpaired) electrons. The number of ether oxygens (including phenoxy) is 2. The first-order valence-corrected chi connectivity index (χ1v) is 6.95. The summed E-state index contributed by atoms with van der Waals surface area (Å²) in [6.07, 6.45) is -0.770. The summed E-state index contributed by atoms with van der Waals surface area (Å²) in [7, 11) is 1.21. The Bertz CT molecular complexity index is 552. The van der Waals surface area contributed by atoms with E-state index in [0.29, 0.717) is 5.56 Å². The van der Waals surface area contributed by atoms with Crippen LogP contribution in [0.1, 0.15) is 31.9 Å². The fourth-order valence-corrected chi connectivity index (χ4v) is 1.82. The molecule has 0 aliphatic heterocycles. The minimum Gasteiger partial charge on any atom is -0.467 e. The first kappa shape index (κ1) is 17.9. The average Bonchev–Trinajstić information content (AvgIpc) is 2.37. The molecule has 0 bridgehead atoms. The Labute approximate surface area is 129 Å². The number of aryl methyl sites for hydroxylation is 1. The summed E-state index contributed by atoms with van der Waals surface area (Å²) >= 11 is 0. The molecule has 22 heavy (non-hydrogen) atoms. The van der Waals surface area contributed by atoms with Crippen molar-refractivity contribution in [3.8, 4) is 0 Å². The molecule has 1 aromatic carbocycles. The van der Waals surface area contributed by atoms with Crippen molar-refractivity contribution in [1.29, 1.82) is 0 Å². The maximum absolute atomic E-state index is 13.9. The number of esters is 1. The van der Waals surface area contributed by atoms with E-state index in [9.17, 15) is 14.0 Å². The molecule has 0 spiro atoms. The monoisotopic (exact) mass is 311 g/mol. The van der Waals surface area contributed by atoms with Crippen molar-refractivity contribution in [2.24, 2.45) is 0 Å². The Morgan fingerprint density at radius 2 is 1.95 bits per heavy atom. The van der Waals surface area contributed by atoms with Crippen LogP contribution in [0.25, 0.3) is 0 Å². The van der Waals surface area contributed by atoms with Crippen molar-refractivity contribution < 1.29 is 23.5 Å². The highest BCUT2D eigenvalue weighted by Crippen LogP contribution is 2.13. The minimum atomic E-state index is -1.02. The van der Waals surface area contributed by atoms with E-state index in [1.807, 2.05) is 0 Å². The summed E-state index contributed by atoms with van der Waals surface area (Å²) in [6, 6.07) is 3.67. The first-order chi connectivity index (χ1) is 10.1. The highest BCUT2D eigenvalue weighted by atomic mass is 19.1. The highest BCUT2D eigenvalue weighted by Gasteiger charge is 2.26. The van der Waals surface area contributed by atoms with Crippen LogP contribution in [0.2, 0.25) is 0 Å². The SMILES string of the molecule is COC(=O)C(Cc1ccc(C)cc1F)NC(=O)OC(C)(C)C. The van der Waals surface area contributed by atoms with E-state index in [0.717, 1.165) is 5.56 Å². The number of carbonyl (C=O) groups excluding carboxylic acids is 2. The van der Waals surface area contributed by atoms with Gasteiger partial charge in [0, 0.05) is 6.42 Å². The predicted molar refractivity (Wildman–Crippen MR) is 80.0 cm³/mol. The van der Waals surface area contributed by atoms with Crippen LogP contribution in [-0.2, 0) is 20.7 Å². The Kier molecular flexibility index (Phi) is 5.91. The number of alkyl carbamates (subject to hydrolysis) is 1. The second kappa shape index (κ2) is 7.24. The van der Waals surface area contributed by atoms with Gasteiger partial charge < -0.3 is 14.8 Å². The van der Waals surface area contributed by atoms with E-state index >= 15 is 0 Å². The van der Waals surface area contributed by atoms with E-state index in [-0.39, 0.29) is 6.42 Å². The van der Waals surface area contributed by atoms with Crippen LogP contribution in [0.5, 0.6) is 0 Å². The third-order valence-corrected chi connectivity index (χ3v) is 2.81. The van der Waals surface area contributed by atoms with Gasteiger partial charge in [0.2, 0.25) is 0 Å². The normalized spacial score (nSPS) is 12.5. The smallest absolute Gasteiger partial charge is 0.408 e. The van der Waals surface area contributed by atoms with Crippen molar-refractivity contribution in [3.05, 3.63) is 35.1 Å². The summed E-state index contributed by atoms with van der Waals surface area (Å²) in [5, 5.41) is 2.41. The van der Waals surface area contributed by atoms with Crippen molar-refractivity contribution in [2.45, 2.75) is 45.8 Å². The zero-order valence-corrected chi connectivity index (χ0v) is 13.5. The standard InChI is InChI=1S/C16H22FNO4/c1-10-6-7-11(12(17)8-10)9-13(14(19)21-5)18-15(20)22-16(2,3)4/h6-8,13H,9H2,1-5H3,(H,18,20). The van der Waals surface area contributed by atoms with Gasteiger partial charge in [-0.05, 0) is 44.9 Å². The van der Waals surface area contributed by atoms with Crippen molar-refractivity contribution >= 4 is 12.1 Å². The van der Waals surface area contributed by atoms with Gasteiger partial charge in [0.25, 0.3) is 0 Å². The first-order valence-electron chi connectivity index (χ1n) is 6.95. The Morgan fingerprint density at radius 3 is 2.45 bits per heavy atom. The summed E-state index contributed by atoms with van der Waals surface area (Å²) in [5.74, 6) is -1.09. The lowest BCUT2D eigenvalue weighted by Crippen LogP contribution is -2.45. The molecule has 0 saturated carbocycles. The third-order valence-electron chi connectivity index (χ3n) is 2.81. The lowest BCUT2D eigenvalue weighted by atomic mass is 10.0. The maximum atomic E-state index is 13.9. The van der Waals surface area contributed by atoms with Crippen molar-refractivity contribution in [2.75, 3.05) is 7.11 Å². The lowest BCUT2D eigenvalue weighted by molar-refractivity contribution is -0.143. The average molecular weight is 311 g/mol. The van der Waals surface area contributed by atoms with Gasteiger partial charge in [-0.15, -0.1) is 0 Å². The molecule has 0 aliphatic rings. The van der Waals surface area contributed by atoms with Crippen LogP contribution < -0.4 is 5.32 Å². The Balaban J connectivity index is 2.85. The molecule has 6 heteroatoms. The van der Waals surface area contributed by atoms with E-state index in [1.54, 1.807) is 39.8 Å². The molecule has 1 N–H and O–H groups in total.